The summed E-state index contributed by atoms with van der Waals surface area (Å²) in [6.07, 6.45) is 5.25. The lowest BCUT2D eigenvalue weighted by molar-refractivity contribution is 0.129. The number of halogens is 1. The predicted molar refractivity (Wildman–Crippen MR) is 116 cm³/mol. The van der Waals surface area contributed by atoms with Crippen molar-refractivity contribution in [2.24, 2.45) is 12.0 Å². The van der Waals surface area contributed by atoms with Gasteiger partial charge in [0.25, 0.3) is 0 Å². The Labute approximate surface area is 170 Å². The minimum atomic E-state index is 0. The van der Waals surface area contributed by atoms with Gasteiger partial charge in [-0.25, -0.2) is 0 Å². The van der Waals surface area contributed by atoms with Crippen LogP contribution >= 0.6 is 24.0 Å². The maximum atomic E-state index is 5.57. The molecule has 0 fully saturated rings. The smallest absolute Gasteiger partial charge is 0.191 e. The van der Waals surface area contributed by atoms with Crippen LogP contribution in [-0.4, -0.2) is 42.5 Å². The number of aryl methyl sites for hydroxylation is 2. The number of nitrogens with zero attached hydrogens (tertiary/aromatic N) is 3. The van der Waals surface area contributed by atoms with Gasteiger partial charge in [0.1, 0.15) is 0 Å². The monoisotopic (exact) mass is 465 g/mol. The van der Waals surface area contributed by atoms with Crippen molar-refractivity contribution >= 4 is 29.9 Å². The number of rotatable bonds is 11. The minimum Gasteiger partial charge on any atom is -0.381 e. The lowest BCUT2D eigenvalue weighted by Crippen LogP contribution is -2.37. The molecule has 0 spiro atoms. The molecule has 25 heavy (non-hydrogen) atoms. The van der Waals surface area contributed by atoms with E-state index in [0.717, 1.165) is 57.9 Å². The van der Waals surface area contributed by atoms with Crippen LogP contribution in [0.25, 0.3) is 0 Å². The number of hydrogen-bond acceptors (Lipinski definition) is 3. The molecule has 7 heteroatoms. The molecule has 0 saturated carbocycles. The largest absolute Gasteiger partial charge is 0.381 e. The minimum absolute atomic E-state index is 0. The molecule has 1 aromatic heterocycles. The number of ether oxygens (including phenoxy) is 1. The molecule has 2 N–H and O–H groups in total. The molecule has 146 valence electrons. The molecule has 0 amide bonds. The van der Waals surface area contributed by atoms with E-state index in [1.165, 1.54) is 23.4 Å². The van der Waals surface area contributed by atoms with E-state index in [0.29, 0.717) is 0 Å². The van der Waals surface area contributed by atoms with Crippen LogP contribution in [0.15, 0.2) is 4.99 Å². The van der Waals surface area contributed by atoms with E-state index in [4.69, 9.17) is 4.74 Å². The van der Waals surface area contributed by atoms with Gasteiger partial charge >= 0.3 is 0 Å². The lowest BCUT2D eigenvalue weighted by atomic mass is 10.1. The number of hydrogen-bond donors (Lipinski definition) is 2. The summed E-state index contributed by atoms with van der Waals surface area (Å²) in [6, 6.07) is 0. The highest BCUT2D eigenvalue weighted by molar-refractivity contribution is 14.0. The van der Waals surface area contributed by atoms with Crippen LogP contribution in [0.1, 0.15) is 57.0 Å². The van der Waals surface area contributed by atoms with Gasteiger partial charge < -0.3 is 15.4 Å². The van der Waals surface area contributed by atoms with E-state index in [-0.39, 0.29) is 24.0 Å². The quantitative estimate of drug-likeness (QED) is 0.228. The first-order valence-electron chi connectivity index (χ1n) is 9.23. The second kappa shape index (κ2) is 14.4. The molecule has 0 radical (unpaired) electrons. The molecule has 0 unspecified atom stereocenters. The van der Waals surface area contributed by atoms with Gasteiger partial charge in [-0.1, -0.05) is 27.2 Å². The first-order valence-corrected chi connectivity index (χ1v) is 9.23. The predicted octanol–water partition coefficient (Wildman–Crippen LogP) is 3.03. The van der Waals surface area contributed by atoms with E-state index >= 15 is 0 Å². The van der Waals surface area contributed by atoms with Crippen LogP contribution in [0.2, 0.25) is 0 Å². The zero-order chi connectivity index (χ0) is 17.8. The number of unbranched alkanes of at least 4 members (excludes halogenated alkanes) is 1. The Bertz CT molecular complexity index is 502. The molecular formula is C18H36IN5O. The first kappa shape index (κ1) is 24.2. The SMILES string of the molecule is CCCCOCCCNC(=NC)NCc1c(CC)nn(C)c1CC.I. The number of nitrogens with one attached hydrogen (secondary N) is 2. The van der Waals surface area contributed by atoms with E-state index in [2.05, 4.69) is 41.5 Å². The summed E-state index contributed by atoms with van der Waals surface area (Å²) in [5.41, 5.74) is 3.76. The first-order chi connectivity index (χ1) is 11.7. The van der Waals surface area contributed by atoms with Crippen molar-refractivity contribution in [3.63, 3.8) is 0 Å². The van der Waals surface area contributed by atoms with Gasteiger partial charge in [-0.15, -0.1) is 24.0 Å². The molecule has 0 aliphatic heterocycles. The third-order valence-corrected chi connectivity index (χ3v) is 4.08. The third kappa shape index (κ3) is 8.40. The Morgan fingerprint density at radius 1 is 1.12 bits per heavy atom. The second-order valence-electron chi connectivity index (χ2n) is 5.87. The Kier molecular flexibility index (Phi) is 13.9. The molecule has 0 aliphatic rings. The Morgan fingerprint density at radius 2 is 1.84 bits per heavy atom. The summed E-state index contributed by atoms with van der Waals surface area (Å²) >= 11 is 0. The molecule has 0 saturated heterocycles. The average Bonchev–Trinajstić information content (AvgIpc) is 2.91. The van der Waals surface area contributed by atoms with Crippen molar-refractivity contribution in [2.75, 3.05) is 26.8 Å². The number of aromatic nitrogens is 2. The van der Waals surface area contributed by atoms with Crippen molar-refractivity contribution in [2.45, 2.75) is 59.4 Å². The van der Waals surface area contributed by atoms with Crippen LogP contribution in [0.3, 0.4) is 0 Å². The summed E-state index contributed by atoms with van der Waals surface area (Å²) in [5, 5.41) is 11.4. The summed E-state index contributed by atoms with van der Waals surface area (Å²) in [5.74, 6) is 0.830. The molecule has 1 rings (SSSR count). The van der Waals surface area contributed by atoms with Gasteiger partial charge in [0.05, 0.1) is 5.69 Å². The molecule has 0 aliphatic carbocycles. The fourth-order valence-electron chi connectivity index (χ4n) is 2.72. The highest BCUT2D eigenvalue weighted by atomic mass is 127. The Balaban J connectivity index is 0.00000576. The van der Waals surface area contributed by atoms with E-state index in [9.17, 15) is 0 Å². The van der Waals surface area contributed by atoms with Gasteiger partial charge in [-0.2, -0.15) is 5.10 Å². The number of aliphatic imine (C=N–C) groups is 1. The topological polar surface area (TPSA) is 63.5 Å². The summed E-state index contributed by atoms with van der Waals surface area (Å²) in [4.78, 5) is 4.29. The third-order valence-electron chi connectivity index (χ3n) is 4.08. The highest BCUT2D eigenvalue weighted by Crippen LogP contribution is 2.15. The van der Waals surface area contributed by atoms with Crippen molar-refractivity contribution in [3.05, 3.63) is 17.0 Å². The van der Waals surface area contributed by atoms with Crippen LogP contribution < -0.4 is 10.6 Å². The Hall–Kier alpha value is -0.830. The molecule has 0 atom stereocenters. The van der Waals surface area contributed by atoms with Gasteiger partial charge in [-0.05, 0) is 25.7 Å². The summed E-state index contributed by atoms with van der Waals surface area (Å²) in [7, 11) is 3.82. The molecule has 6 nitrogen and oxygen atoms in total. The van der Waals surface area contributed by atoms with Gasteiger partial charge in [0, 0.05) is 51.7 Å². The normalized spacial score (nSPS) is 11.3. The highest BCUT2D eigenvalue weighted by Gasteiger charge is 2.13. The standard InChI is InChI=1S/C18H35N5O.HI/c1-6-9-12-24-13-10-11-20-18(19-4)21-14-15-16(7-2)22-23(5)17(15)8-3;/h6-14H2,1-5H3,(H2,19,20,21);1H. The molecule has 1 aromatic rings. The zero-order valence-electron chi connectivity index (χ0n) is 16.5. The van der Waals surface area contributed by atoms with Gasteiger partial charge in [-0.3, -0.25) is 9.67 Å². The Morgan fingerprint density at radius 3 is 2.44 bits per heavy atom. The van der Waals surface area contributed by atoms with E-state index in [1.54, 1.807) is 7.05 Å². The summed E-state index contributed by atoms with van der Waals surface area (Å²) < 4.78 is 7.57. The van der Waals surface area contributed by atoms with Crippen LogP contribution in [0.5, 0.6) is 0 Å². The lowest BCUT2D eigenvalue weighted by Gasteiger charge is -2.13. The summed E-state index contributed by atoms with van der Waals surface area (Å²) in [6.45, 7) is 9.78. The maximum absolute atomic E-state index is 5.57. The van der Waals surface area contributed by atoms with Crippen molar-refractivity contribution < 1.29 is 4.74 Å². The molecular weight excluding hydrogens is 429 g/mol. The van der Waals surface area contributed by atoms with E-state index < -0.39 is 0 Å². The maximum Gasteiger partial charge on any atom is 0.191 e. The van der Waals surface area contributed by atoms with Crippen LogP contribution in [-0.2, 0) is 31.2 Å². The average molecular weight is 465 g/mol. The molecule has 0 aromatic carbocycles. The van der Waals surface area contributed by atoms with Crippen molar-refractivity contribution in [1.29, 1.82) is 0 Å². The van der Waals surface area contributed by atoms with Gasteiger partial charge in [0.2, 0.25) is 0 Å². The zero-order valence-corrected chi connectivity index (χ0v) is 18.9. The second-order valence-corrected chi connectivity index (χ2v) is 5.87. The fraction of sp³-hybridized carbons (Fsp3) is 0.778. The van der Waals surface area contributed by atoms with Crippen LogP contribution in [0, 0.1) is 0 Å². The molecule has 1 heterocycles. The van der Waals surface area contributed by atoms with Crippen LogP contribution in [0.4, 0.5) is 0 Å². The van der Waals surface area contributed by atoms with Crippen molar-refractivity contribution in [3.8, 4) is 0 Å². The fourth-order valence-corrected chi connectivity index (χ4v) is 2.72. The number of guanidine groups is 1. The molecule has 0 bridgehead atoms. The van der Waals surface area contributed by atoms with E-state index in [1.807, 2.05) is 11.7 Å². The van der Waals surface area contributed by atoms with Gasteiger partial charge in [0.15, 0.2) is 5.96 Å². The van der Waals surface area contributed by atoms with Crippen molar-refractivity contribution in [1.82, 2.24) is 20.4 Å².